The summed E-state index contributed by atoms with van der Waals surface area (Å²) in [5, 5.41) is 18.7. The van der Waals surface area contributed by atoms with Crippen molar-refractivity contribution in [3.05, 3.63) is 65.8 Å². The van der Waals surface area contributed by atoms with Gasteiger partial charge >= 0.3 is 0 Å². The van der Waals surface area contributed by atoms with Crippen molar-refractivity contribution in [1.82, 2.24) is 9.78 Å². The van der Waals surface area contributed by atoms with Gasteiger partial charge in [0.15, 0.2) is 0 Å². The third-order valence-corrected chi connectivity index (χ3v) is 5.09. The number of carbonyl (C=O) groups excluding carboxylic acids is 1. The van der Waals surface area contributed by atoms with Crippen molar-refractivity contribution in [2.24, 2.45) is 22.4 Å². The van der Waals surface area contributed by atoms with Gasteiger partial charge in [-0.15, -0.1) is 0 Å². The van der Waals surface area contributed by atoms with Crippen LogP contribution < -0.4 is 5.01 Å². The molecular formula is C22H20FN5O. The molecule has 0 radical (unpaired) electrons. The molecule has 6 nitrogen and oxygen atoms in total. The average molecular weight is 389 g/mol. The SMILES string of the molecule is CC(C)(C)C1=CC2C=NN(c3cccc(-n4cc(C#N)cn4)c3)C(=O)C2C(F)=C1. The predicted octanol–water partition coefficient (Wildman–Crippen LogP) is 4.15. The molecule has 2 aromatic rings. The normalized spacial score (nSPS) is 21.3. The standard InChI is InChI=1S/C22H20FN5O/c1-22(2,3)16-7-15-12-26-28(21(29)20(15)19(23)8-16)18-6-4-5-17(9-18)27-13-14(10-24)11-25-27/h4-9,11-13,15,20H,1-3H3. The Morgan fingerprint density at radius 3 is 2.69 bits per heavy atom. The van der Waals surface area contributed by atoms with Crippen LogP contribution in [0.15, 0.2) is 65.3 Å². The maximum atomic E-state index is 14.9. The Hall–Kier alpha value is -3.53. The van der Waals surface area contributed by atoms with Crippen LogP contribution in [0.25, 0.3) is 5.69 Å². The maximum Gasteiger partial charge on any atom is 0.258 e. The molecular weight excluding hydrogens is 369 g/mol. The number of carbonyl (C=O) groups is 1. The fourth-order valence-corrected chi connectivity index (χ4v) is 3.47. The lowest BCUT2D eigenvalue weighted by molar-refractivity contribution is -0.122. The number of nitrogens with zero attached hydrogens (tertiary/aromatic N) is 5. The van der Waals surface area contributed by atoms with E-state index in [0.717, 1.165) is 5.57 Å². The lowest BCUT2D eigenvalue weighted by Crippen LogP contribution is -2.42. The summed E-state index contributed by atoms with van der Waals surface area (Å²) < 4.78 is 16.4. The first-order chi connectivity index (χ1) is 13.8. The second-order valence-electron chi connectivity index (χ2n) is 8.18. The topological polar surface area (TPSA) is 74.3 Å². The molecule has 4 rings (SSSR count). The molecule has 0 spiro atoms. The second kappa shape index (κ2) is 6.82. The van der Waals surface area contributed by atoms with Gasteiger partial charge in [-0.2, -0.15) is 15.5 Å². The average Bonchev–Trinajstić information content (AvgIpc) is 3.16. The maximum absolute atomic E-state index is 14.9. The number of nitriles is 1. The van der Waals surface area contributed by atoms with E-state index in [1.807, 2.05) is 32.9 Å². The largest absolute Gasteiger partial charge is 0.272 e. The Labute approximate surface area is 168 Å². The van der Waals surface area contributed by atoms with Crippen LogP contribution >= 0.6 is 0 Å². The fourth-order valence-electron chi connectivity index (χ4n) is 3.47. The lowest BCUT2D eigenvalue weighted by Gasteiger charge is -2.34. The number of benzene rings is 1. The van der Waals surface area contributed by atoms with Crippen LogP contribution in [0.5, 0.6) is 0 Å². The van der Waals surface area contributed by atoms with E-state index in [4.69, 9.17) is 5.26 Å². The zero-order chi connectivity index (χ0) is 20.8. The first kappa shape index (κ1) is 18.8. The number of amides is 1. The van der Waals surface area contributed by atoms with Gasteiger partial charge in [0.1, 0.15) is 17.8 Å². The quantitative estimate of drug-likeness (QED) is 0.774. The molecule has 2 aliphatic rings. The molecule has 0 saturated heterocycles. The van der Waals surface area contributed by atoms with Gasteiger partial charge < -0.3 is 0 Å². The molecule has 7 heteroatoms. The number of rotatable bonds is 2. The summed E-state index contributed by atoms with van der Waals surface area (Å²) >= 11 is 0. The summed E-state index contributed by atoms with van der Waals surface area (Å²) in [5.74, 6) is -2.15. The van der Waals surface area contributed by atoms with E-state index in [9.17, 15) is 9.18 Å². The van der Waals surface area contributed by atoms with E-state index in [0.29, 0.717) is 16.9 Å². The molecule has 0 saturated carbocycles. The van der Waals surface area contributed by atoms with Crippen molar-refractivity contribution in [2.75, 3.05) is 5.01 Å². The van der Waals surface area contributed by atoms with Crippen LogP contribution in [0.3, 0.4) is 0 Å². The summed E-state index contributed by atoms with van der Waals surface area (Å²) in [6, 6.07) is 9.05. The zero-order valence-corrected chi connectivity index (χ0v) is 16.4. The van der Waals surface area contributed by atoms with Gasteiger partial charge in [0.25, 0.3) is 5.91 Å². The smallest absolute Gasteiger partial charge is 0.258 e. The molecule has 0 bridgehead atoms. The highest BCUT2D eigenvalue weighted by Crippen LogP contribution is 2.40. The number of hydrogen-bond donors (Lipinski definition) is 0. The van der Waals surface area contributed by atoms with Gasteiger partial charge in [0.05, 0.1) is 23.1 Å². The number of allylic oxidation sites excluding steroid dienone is 3. The zero-order valence-electron chi connectivity index (χ0n) is 16.4. The van der Waals surface area contributed by atoms with Crippen molar-refractivity contribution < 1.29 is 9.18 Å². The summed E-state index contributed by atoms with van der Waals surface area (Å²) in [6.07, 6.45) is 8.08. The molecule has 2 heterocycles. The van der Waals surface area contributed by atoms with E-state index in [2.05, 4.69) is 10.2 Å². The van der Waals surface area contributed by atoms with Gasteiger partial charge in [0.2, 0.25) is 0 Å². The highest BCUT2D eigenvalue weighted by atomic mass is 19.1. The minimum Gasteiger partial charge on any atom is -0.272 e. The van der Waals surface area contributed by atoms with E-state index in [1.54, 1.807) is 41.4 Å². The molecule has 1 aromatic heterocycles. The van der Waals surface area contributed by atoms with E-state index >= 15 is 0 Å². The minimum absolute atomic E-state index is 0.212. The van der Waals surface area contributed by atoms with E-state index in [-0.39, 0.29) is 5.41 Å². The van der Waals surface area contributed by atoms with Crippen molar-refractivity contribution in [3.8, 4) is 11.8 Å². The molecule has 1 aliphatic heterocycles. The second-order valence-corrected chi connectivity index (χ2v) is 8.18. The summed E-state index contributed by atoms with van der Waals surface area (Å²) in [4.78, 5) is 13.1. The fraction of sp³-hybridized carbons (Fsp3) is 0.273. The number of aromatic nitrogens is 2. The van der Waals surface area contributed by atoms with E-state index < -0.39 is 23.6 Å². The predicted molar refractivity (Wildman–Crippen MR) is 108 cm³/mol. The Balaban J connectivity index is 1.68. The molecule has 29 heavy (non-hydrogen) atoms. The molecule has 1 amide bonds. The molecule has 1 aromatic carbocycles. The van der Waals surface area contributed by atoms with Gasteiger partial charge in [-0.3, -0.25) is 4.79 Å². The Bertz CT molecular complexity index is 1110. The summed E-state index contributed by atoms with van der Waals surface area (Å²) in [7, 11) is 0. The third-order valence-electron chi connectivity index (χ3n) is 5.09. The number of fused-ring (bicyclic) bond motifs is 1. The van der Waals surface area contributed by atoms with Gasteiger partial charge in [-0.25, -0.2) is 14.1 Å². The highest BCUT2D eigenvalue weighted by molar-refractivity contribution is 6.01. The van der Waals surface area contributed by atoms with Gasteiger partial charge in [-0.1, -0.05) is 32.9 Å². The molecule has 0 fully saturated rings. The number of halogens is 1. The summed E-state index contributed by atoms with van der Waals surface area (Å²) in [5.41, 5.74) is 2.26. The van der Waals surface area contributed by atoms with Crippen LogP contribution in [0.1, 0.15) is 26.3 Å². The number of anilines is 1. The Morgan fingerprint density at radius 1 is 1.24 bits per heavy atom. The van der Waals surface area contributed by atoms with Crippen molar-refractivity contribution in [2.45, 2.75) is 20.8 Å². The van der Waals surface area contributed by atoms with Crippen molar-refractivity contribution in [1.29, 1.82) is 5.26 Å². The number of hydrogen-bond acceptors (Lipinski definition) is 4. The monoisotopic (exact) mass is 389 g/mol. The third kappa shape index (κ3) is 3.38. The number of hydrazone groups is 1. The minimum atomic E-state index is -0.905. The van der Waals surface area contributed by atoms with Crippen LogP contribution in [0.2, 0.25) is 0 Å². The van der Waals surface area contributed by atoms with Crippen molar-refractivity contribution in [3.63, 3.8) is 0 Å². The molecule has 1 aliphatic carbocycles. The van der Waals surface area contributed by atoms with Crippen LogP contribution in [0, 0.1) is 28.6 Å². The Morgan fingerprint density at radius 2 is 2.00 bits per heavy atom. The molecule has 0 N–H and O–H groups in total. The molecule has 2 unspecified atom stereocenters. The molecule has 2 atom stereocenters. The first-order valence-electron chi connectivity index (χ1n) is 9.30. The van der Waals surface area contributed by atoms with Crippen LogP contribution in [0.4, 0.5) is 10.1 Å². The lowest BCUT2D eigenvalue weighted by atomic mass is 9.76. The van der Waals surface area contributed by atoms with Crippen LogP contribution in [-0.2, 0) is 4.79 Å². The first-order valence-corrected chi connectivity index (χ1v) is 9.30. The summed E-state index contributed by atoms with van der Waals surface area (Å²) in [6.45, 7) is 6.03. The molecule has 146 valence electrons. The van der Waals surface area contributed by atoms with Gasteiger partial charge in [0, 0.05) is 18.3 Å². The Kier molecular flexibility index (Phi) is 4.42. The van der Waals surface area contributed by atoms with Crippen LogP contribution in [-0.4, -0.2) is 21.9 Å². The van der Waals surface area contributed by atoms with E-state index in [1.165, 1.54) is 17.3 Å². The van der Waals surface area contributed by atoms with Crippen molar-refractivity contribution >= 4 is 17.8 Å². The highest BCUT2D eigenvalue weighted by Gasteiger charge is 2.40. The van der Waals surface area contributed by atoms with Gasteiger partial charge in [-0.05, 0) is 35.3 Å².